The van der Waals surface area contributed by atoms with Crippen molar-refractivity contribution in [3.8, 4) is 23.0 Å². The normalized spacial score (nSPS) is 15.8. The summed E-state index contributed by atoms with van der Waals surface area (Å²) in [5.74, 6) is 2.06. The zero-order valence-electron chi connectivity index (χ0n) is 22.3. The van der Waals surface area contributed by atoms with Gasteiger partial charge in [-0.1, -0.05) is 23.9 Å². The summed E-state index contributed by atoms with van der Waals surface area (Å²) in [6.45, 7) is 2.68. The number of carbonyl (C=O) groups excluding carboxylic acids is 2. The highest BCUT2D eigenvalue weighted by Gasteiger charge is 2.39. The molecular formula is C29H31N3O6S. The molecule has 1 aliphatic heterocycles. The van der Waals surface area contributed by atoms with Gasteiger partial charge in [0.15, 0.2) is 16.7 Å². The van der Waals surface area contributed by atoms with Gasteiger partial charge < -0.3 is 24.3 Å². The zero-order chi connectivity index (χ0) is 27.8. The molecular weight excluding hydrogens is 518 g/mol. The highest BCUT2D eigenvalue weighted by Crippen LogP contribution is 2.35. The van der Waals surface area contributed by atoms with Crippen molar-refractivity contribution < 1.29 is 28.5 Å². The molecule has 4 rings (SSSR count). The van der Waals surface area contributed by atoms with Gasteiger partial charge in [0.2, 0.25) is 11.8 Å². The average Bonchev–Trinajstić information content (AvgIpc) is 3.22. The van der Waals surface area contributed by atoms with Crippen molar-refractivity contribution in [2.24, 2.45) is 4.99 Å². The Morgan fingerprint density at radius 2 is 1.72 bits per heavy atom. The lowest BCUT2D eigenvalue weighted by atomic mass is 10.1. The van der Waals surface area contributed by atoms with Crippen molar-refractivity contribution in [2.75, 3.05) is 33.3 Å². The summed E-state index contributed by atoms with van der Waals surface area (Å²) in [6.07, 6.45) is -0.00751. The van der Waals surface area contributed by atoms with Gasteiger partial charge in [0, 0.05) is 18.2 Å². The smallest absolute Gasteiger partial charge is 0.242 e. The summed E-state index contributed by atoms with van der Waals surface area (Å²) < 4.78 is 21.5. The molecule has 0 bridgehead atoms. The summed E-state index contributed by atoms with van der Waals surface area (Å²) >= 11 is 1.27. The maximum Gasteiger partial charge on any atom is 0.242 e. The third kappa shape index (κ3) is 7.02. The van der Waals surface area contributed by atoms with Crippen LogP contribution in [-0.4, -0.2) is 55.1 Å². The second kappa shape index (κ2) is 13.1. The summed E-state index contributed by atoms with van der Waals surface area (Å²) in [5, 5.41) is 2.75. The van der Waals surface area contributed by atoms with Gasteiger partial charge >= 0.3 is 0 Å². The number of ether oxygens (including phenoxy) is 4. The Morgan fingerprint density at radius 1 is 0.949 bits per heavy atom. The van der Waals surface area contributed by atoms with Gasteiger partial charge in [-0.2, -0.15) is 0 Å². The van der Waals surface area contributed by atoms with Crippen LogP contribution in [0.25, 0.3) is 0 Å². The quantitative estimate of drug-likeness (QED) is 0.348. The molecule has 0 aliphatic carbocycles. The molecule has 1 heterocycles. The highest BCUT2D eigenvalue weighted by molar-refractivity contribution is 8.15. The molecule has 9 nitrogen and oxygen atoms in total. The van der Waals surface area contributed by atoms with Crippen LogP contribution in [-0.2, 0) is 16.1 Å². The van der Waals surface area contributed by atoms with Crippen molar-refractivity contribution in [1.82, 2.24) is 4.90 Å². The van der Waals surface area contributed by atoms with E-state index in [1.54, 1.807) is 62.6 Å². The van der Waals surface area contributed by atoms with Crippen LogP contribution in [0.15, 0.2) is 71.7 Å². The molecule has 3 aromatic rings. The minimum absolute atomic E-state index is 0.00751. The molecule has 0 radical (unpaired) electrons. The van der Waals surface area contributed by atoms with E-state index in [-0.39, 0.29) is 24.8 Å². The van der Waals surface area contributed by atoms with Crippen molar-refractivity contribution >= 4 is 40.1 Å². The number of hydrogen-bond donors (Lipinski definition) is 1. The van der Waals surface area contributed by atoms with Gasteiger partial charge in [-0.05, 0) is 61.0 Å². The molecule has 39 heavy (non-hydrogen) atoms. The summed E-state index contributed by atoms with van der Waals surface area (Å²) in [5.41, 5.74) is 2.11. The Labute approximate surface area is 232 Å². The second-order valence-electron chi connectivity index (χ2n) is 8.53. The monoisotopic (exact) mass is 549 g/mol. The number of amidine groups is 1. The lowest BCUT2D eigenvalue weighted by molar-refractivity contribution is -0.128. The fourth-order valence-corrected chi connectivity index (χ4v) is 5.17. The van der Waals surface area contributed by atoms with Crippen molar-refractivity contribution in [3.05, 3.63) is 72.3 Å². The van der Waals surface area contributed by atoms with E-state index in [9.17, 15) is 9.59 Å². The van der Waals surface area contributed by atoms with Crippen LogP contribution in [0.4, 0.5) is 11.4 Å². The van der Waals surface area contributed by atoms with Crippen molar-refractivity contribution in [2.45, 2.75) is 25.1 Å². The number of amides is 2. The van der Waals surface area contributed by atoms with Crippen LogP contribution in [0.1, 0.15) is 18.9 Å². The Kier molecular flexibility index (Phi) is 9.32. The third-order valence-corrected chi connectivity index (χ3v) is 7.08. The number of carbonyl (C=O) groups is 2. The van der Waals surface area contributed by atoms with Crippen LogP contribution >= 0.6 is 11.8 Å². The lowest BCUT2D eigenvalue weighted by Crippen LogP contribution is -2.33. The molecule has 204 valence electrons. The highest BCUT2D eigenvalue weighted by atomic mass is 32.2. The molecule has 10 heteroatoms. The van der Waals surface area contributed by atoms with Crippen molar-refractivity contribution in [1.29, 1.82) is 0 Å². The number of nitrogens with zero attached hydrogens (tertiary/aromatic N) is 2. The zero-order valence-corrected chi connectivity index (χ0v) is 23.1. The Hall–Kier alpha value is -4.18. The largest absolute Gasteiger partial charge is 0.497 e. The van der Waals surface area contributed by atoms with E-state index in [2.05, 4.69) is 5.32 Å². The van der Waals surface area contributed by atoms with E-state index in [0.717, 1.165) is 5.56 Å². The lowest BCUT2D eigenvalue weighted by Gasteiger charge is -2.18. The first kappa shape index (κ1) is 27.8. The molecule has 1 N–H and O–H groups in total. The number of anilines is 1. The fourth-order valence-electron chi connectivity index (χ4n) is 4.01. The molecule has 1 aliphatic rings. The van der Waals surface area contributed by atoms with E-state index in [1.807, 2.05) is 37.3 Å². The van der Waals surface area contributed by atoms with Gasteiger partial charge in [-0.25, -0.2) is 4.99 Å². The summed E-state index contributed by atoms with van der Waals surface area (Å²) in [7, 11) is 4.73. The Morgan fingerprint density at radius 3 is 2.41 bits per heavy atom. The summed E-state index contributed by atoms with van der Waals surface area (Å²) in [6, 6.07) is 19.9. The van der Waals surface area contributed by atoms with E-state index in [1.165, 1.54) is 11.8 Å². The number of hydrogen-bond acceptors (Lipinski definition) is 8. The van der Waals surface area contributed by atoms with E-state index in [0.29, 0.717) is 46.1 Å². The van der Waals surface area contributed by atoms with Crippen molar-refractivity contribution in [3.63, 3.8) is 0 Å². The van der Waals surface area contributed by atoms with Gasteiger partial charge in [0.1, 0.15) is 16.7 Å². The molecule has 3 aromatic carbocycles. The van der Waals surface area contributed by atoms with Crippen LogP contribution in [0.5, 0.6) is 23.0 Å². The van der Waals surface area contributed by atoms with Crippen LogP contribution in [0, 0.1) is 0 Å². The molecule has 1 atom stereocenters. The van der Waals surface area contributed by atoms with Gasteiger partial charge in [0.25, 0.3) is 0 Å². The van der Waals surface area contributed by atoms with E-state index < -0.39 is 5.25 Å². The molecule has 2 amide bonds. The molecule has 0 spiro atoms. The van der Waals surface area contributed by atoms with Crippen LogP contribution < -0.4 is 24.3 Å². The average molecular weight is 550 g/mol. The minimum atomic E-state index is -0.628. The maximum absolute atomic E-state index is 13.6. The first-order valence-corrected chi connectivity index (χ1v) is 13.3. The van der Waals surface area contributed by atoms with Crippen LogP contribution in [0.2, 0.25) is 0 Å². The number of aliphatic imine (C=N–C) groups is 1. The molecule has 1 saturated heterocycles. The Balaban J connectivity index is 1.55. The predicted octanol–water partition coefficient (Wildman–Crippen LogP) is 5.27. The molecule has 0 aromatic heterocycles. The summed E-state index contributed by atoms with van der Waals surface area (Å²) in [4.78, 5) is 32.8. The van der Waals surface area contributed by atoms with Crippen LogP contribution in [0.3, 0.4) is 0 Å². The van der Waals surface area contributed by atoms with Gasteiger partial charge in [-0.15, -0.1) is 0 Å². The second-order valence-corrected chi connectivity index (χ2v) is 9.70. The van der Waals surface area contributed by atoms with Gasteiger partial charge in [-0.3, -0.25) is 14.5 Å². The fraction of sp³-hybridized carbons (Fsp3) is 0.276. The molecule has 0 unspecified atom stereocenters. The predicted molar refractivity (Wildman–Crippen MR) is 152 cm³/mol. The molecule has 1 fully saturated rings. The van der Waals surface area contributed by atoms with E-state index >= 15 is 0 Å². The number of nitrogens with one attached hydrogen (secondary N) is 1. The topological polar surface area (TPSA) is 98.7 Å². The van der Waals surface area contributed by atoms with Gasteiger partial charge in [0.05, 0.1) is 40.2 Å². The standard InChI is InChI=1S/C29H31N3O6S/c1-5-38-23-8-6-7-21(16-23)30-27(33)17-26-28(34)32(18-19-9-14-24(36-3)25(15-19)37-4)29(39-26)31-20-10-12-22(35-2)13-11-20/h6-16,26H,5,17-18H2,1-4H3,(H,30,33)/t26-/m0/s1. The minimum Gasteiger partial charge on any atom is -0.497 e. The number of benzene rings is 3. The first-order valence-electron chi connectivity index (χ1n) is 12.4. The molecule has 0 saturated carbocycles. The Bertz CT molecular complexity index is 1350. The maximum atomic E-state index is 13.6. The third-order valence-electron chi connectivity index (χ3n) is 5.91. The van der Waals surface area contributed by atoms with E-state index in [4.69, 9.17) is 23.9 Å². The number of rotatable bonds is 11. The number of methoxy groups -OCH3 is 3. The SMILES string of the molecule is CCOc1cccc(NC(=O)C[C@@H]2SC(=Nc3ccc(OC)cc3)N(Cc3ccc(OC)c(OC)c3)C2=O)c1. The number of thioether (sulfide) groups is 1. The first-order chi connectivity index (χ1) is 18.9.